The molecule has 0 aromatic carbocycles. The smallest absolute Gasteiger partial charge is 0.305 e. The van der Waals surface area contributed by atoms with Gasteiger partial charge in [-0.05, 0) is 30.8 Å². The van der Waals surface area contributed by atoms with E-state index >= 15 is 0 Å². The Morgan fingerprint density at radius 2 is 1.92 bits per heavy atom. The third-order valence-corrected chi connectivity index (χ3v) is 2.94. The molecule has 0 N–H and O–H groups in total. The Kier molecular flexibility index (Phi) is 9.77. The number of ether oxygens (including phenoxy) is 1. The number of rotatable bonds is 8. The molecule has 0 spiro atoms. The lowest BCUT2D eigenvalue weighted by Gasteiger charge is -2.00. The molecule has 0 amide bonds. The highest BCUT2D eigenvalue weighted by atomic mass is 32.2. The summed E-state index contributed by atoms with van der Waals surface area (Å²) >= 11 is 1.98. The van der Waals surface area contributed by atoms with E-state index in [2.05, 4.69) is 11.7 Å². The molecule has 0 aromatic heterocycles. The van der Waals surface area contributed by atoms with Crippen LogP contribution in [0.2, 0.25) is 0 Å². The molecule has 13 heavy (non-hydrogen) atoms. The van der Waals surface area contributed by atoms with Gasteiger partial charge < -0.3 is 4.74 Å². The summed E-state index contributed by atoms with van der Waals surface area (Å²) in [5.41, 5.74) is 0. The quantitative estimate of drug-likeness (QED) is 0.449. The summed E-state index contributed by atoms with van der Waals surface area (Å²) in [6.07, 6.45) is 5.25. The minimum Gasteiger partial charge on any atom is -0.469 e. The molecule has 2 nitrogen and oxygen atoms in total. The van der Waals surface area contributed by atoms with Crippen molar-refractivity contribution in [2.45, 2.75) is 39.0 Å². The highest BCUT2D eigenvalue weighted by molar-refractivity contribution is 7.99. The van der Waals surface area contributed by atoms with Gasteiger partial charge in [-0.1, -0.05) is 13.3 Å². The van der Waals surface area contributed by atoms with E-state index in [9.17, 15) is 4.79 Å². The fraction of sp³-hybridized carbons (Fsp3) is 0.900. The fourth-order valence-electron chi connectivity index (χ4n) is 0.924. The monoisotopic (exact) mass is 204 g/mol. The fourth-order valence-corrected chi connectivity index (χ4v) is 2.03. The summed E-state index contributed by atoms with van der Waals surface area (Å²) in [7, 11) is 1.44. The van der Waals surface area contributed by atoms with Crippen LogP contribution in [0.4, 0.5) is 0 Å². The first kappa shape index (κ1) is 12.8. The molecular weight excluding hydrogens is 184 g/mol. The largest absolute Gasteiger partial charge is 0.469 e. The van der Waals surface area contributed by atoms with E-state index in [4.69, 9.17) is 0 Å². The number of unbranched alkanes of at least 4 members (excludes halogenated alkanes) is 2. The number of thioether (sulfide) groups is 1. The second kappa shape index (κ2) is 9.90. The zero-order valence-corrected chi connectivity index (χ0v) is 9.49. The van der Waals surface area contributed by atoms with Crippen molar-refractivity contribution in [3.8, 4) is 0 Å². The standard InChI is InChI=1S/C10H20O2S/c1-3-4-8-13-9-6-5-7-10(11)12-2/h3-9H2,1-2H3. The molecule has 0 aliphatic heterocycles. The van der Waals surface area contributed by atoms with Gasteiger partial charge in [-0.3, -0.25) is 4.79 Å². The molecule has 0 saturated carbocycles. The highest BCUT2D eigenvalue weighted by Gasteiger charge is 1.98. The number of carbonyl (C=O) groups is 1. The van der Waals surface area contributed by atoms with E-state index in [1.54, 1.807) is 0 Å². The number of esters is 1. The van der Waals surface area contributed by atoms with Gasteiger partial charge in [-0.15, -0.1) is 0 Å². The predicted octanol–water partition coefficient (Wildman–Crippen LogP) is 2.86. The van der Waals surface area contributed by atoms with Crippen molar-refractivity contribution >= 4 is 17.7 Å². The van der Waals surface area contributed by atoms with Gasteiger partial charge in [0.25, 0.3) is 0 Å². The van der Waals surface area contributed by atoms with E-state index in [1.807, 2.05) is 11.8 Å². The Hall–Kier alpha value is -0.180. The first-order chi connectivity index (χ1) is 6.31. The van der Waals surface area contributed by atoms with E-state index in [0.29, 0.717) is 6.42 Å². The van der Waals surface area contributed by atoms with Gasteiger partial charge in [0.2, 0.25) is 0 Å². The highest BCUT2D eigenvalue weighted by Crippen LogP contribution is 2.08. The second-order valence-corrected chi connectivity index (χ2v) is 4.22. The molecule has 0 heterocycles. The van der Waals surface area contributed by atoms with Crippen LogP contribution in [0.25, 0.3) is 0 Å². The SMILES string of the molecule is CCCCSCCCCC(=O)OC. The summed E-state index contributed by atoms with van der Waals surface area (Å²) < 4.78 is 4.55. The summed E-state index contributed by atoms with van der Waals surface area (Å²) in [6.45, 7) is 2.21. The van der Waals surface area contributed by atoms with Gasteiger partial charge >= 0.3 is 5.97 Å². The Bertz CT molecular complexity index is 126. The minimum absolute atomic E-state index is 0.0847. The Balaban J connectivity index is 2.95. The maximum Gasteiger partial charge on any atom is 0.305 e. The summed E-state index contributed by atoms with van der Waals surface area (Å²) in [5, 5.41) is 0. The average Bonchev–Trinajstić information content (AvgIpc) is 2.16. The van der Waals surface area contributed by atoms with Crippen molar-refractivity contribution < 1.29 is 9.53 Å². The number of hydrogen-bond acceptors (Lipinski definition) is 3. The number of hydrogen-bond donors (Lipinski definition) is 0. The number of methoxy groups -OCH3 is 1. The molecule has 78 valence electrons. The Labute approximate surface area is 85.4 Å². The first-order valence-electron chi connectivity index (χ1n) is 4.95. The van der Waals surface area contributed by atoms with E-state index < -0.39 is 0 Å². The van der Waals surface area contributed by atoms with Crippen LogP contribution in [-0.2, 0) is 9.53 Å². The second-order valence-electron chi connectivity index (χ2n) is 3.00. The lowest BCUT2D eigenvalue weighted by atomic mass is 10.2. The van der Waals surface area contributed by atoms with E-state index in [0.717, 1.165) is 12.8 Å². The summed E-state index contributed by atoms with van der Waals surface area (Å²) in [5.74, 6) is 2.35. The zero-order chi connectivity index (χ0) is 9.94. The van der Waals surface area contributed by atoms with Gasteiger partial charge in [0.1, 0.15) is 0 Å². The maximum absolute atomic E-state index is 10.7. The molecule has 3 heteroatoms. The summed E-state index contributed by atoms with van der Waals surface area (Å²) in [6, 6.07) is 0. The molecule has 0 aromatic rings. The van der Waals surface area contributed by atoms with E-state index in [1.165, 1.54) is 31.5 Å². The van der Waals surface area contributed by atoms with Crippen molar-refractivity contribution in [1.29, 1.82) is 0 Å². The van der Waals surface area contributed by atoms with Gasteiger partial charge in [0, 0.05) is 6.42 Å². The van der Waals surface area contributed by atoms with Crippen molar-refractivity contribution in [3.63, 3.8) is 0 Å². The third-order valence-electron chi connectivity index (χ3n) is 1.79. The minimum atomic E-state index is -0.0847. The van der Waals surface area contributed by atoms with Crippen LogP contribution in [0.1, 0.15) is 39.0 Å². The zero-order valence-electron chi connectivity index (χ0n) is 8.67. The Morgan fingerprint density at radius 3 is 2.54 bits per heavy atom. The predicted molar refractivity (Wildman–Crippen MR) is 58.1 cm³/mol. The third kappa shape index (κ3) is 9.74. The molecule has 0 atom stereocenters. The van der Waals surface area contributed by atoms with Crippen molar-refractivity contribution in [2.75, 3.05) is 18.6 Å². The first-order valence-corrected chi connectivity index (χ1v) is 6.11. The molecule has 0 unspecified atom stereocenters. The van der Waals surface area contributed by atoms with Gasteiger partial charge in [-0.2, -0.15) is 11.8 Å². The van der Waals surface area contributed by atoms with Crippen molar-refractivity contribution in [1.82, 2.24) is 0 Å². The molecular formula is C10H20O2S. The lowest BCUT2D eigenvalue weighted by Crippen LogP contribution is -1.99. The van der Waals surface area contributed by atoms with Crippen LogP contribution < -0.4 is 0 Å². The topological polar surface area (TPSA) is 26.3 Å². The molecule has 0 bridgehead atoms. The maximum atomic E-state index is 10.7. The molecule has 0 aliphatic carbocycles. The van der Waals surface area contributed by atoms with Gasteiger partial charge in [0.05, 0.1) is 7.11 Å². The number of carbonyl (C=O) groups excluding carboxylic acids is 1. The molecule has 0 saturated heterocycles. The van der Waals surface area contributed by atoms with Crippen LogP contribution in [0.5, 0.6) is 0 Å². The van der Waals surface area contributed by atoms with Crippen LogP contribution >= 0.6 is 11.8 Å². The Morgan fingerprint density at radius 1 is 1.23 bits per heavy atom. The lowest BCUT2D eigenvalue weighted by molar-refractivity contribution is -0.140. The van der Waals surface area contributed by atoms with Crippen molar-refractivity contribution in [2.24, 2.45) is 0 Å². The van der Waals surface area contributed by atoms with Crippen molar-refractivity contribution in [3.05, 3.63) is 0 Å². The molecule has 0 aliphatic rings. The molecule has 0 fully saturated rings. The normalized spacial score (nSPS) is 10.0. The van der Waals surface area contributed by atoms with Crippen LogP contribution in [0.3, 0.4) is 0 Å². The van der Waals surface area contributed by atoms with Gasteiger partial charge in [0.15, 0.2) is 0 Å². The molecule has 0 rings (SSSR count). The van der Waals surface area contributed by atoms with Crippen LogP contribution in [-0.4, -0.2) is 24.6 Å². The average molecular weight is 204 g/mol. The summed E-state index contributed by atoms with van der Waals surface area (Å²) in [4.78, 5) is 10.7. The van der Waals surface area contributed by atoms with Crippen LogP contribution in [0, 0.1) is 0 Å². The van der Waals surface area contributed by atoms with E-state index in [-0.39, 0.29) is 5.97 Å². The molecule has 0 radical (unpaired) electrons. The van der Waals surface area contributed by atoms with Crippen LogP contribution in [0.15, 0.2) is 0 Å². The van der Waals surface area contributed by atoms with Gasteiger partial charge in [-0.25, -0.2) is 0 Å².